The second-order valence-electron chi connectivity index (χ2n) is 5.40. The van der Waals surface area contributed by atoms with Gasteiger partial charge in [-0.1, -0.05) is 0 Å². The summed E-state index contributed by atoms with van der Waals surface area (Å²) in [6.45, 7) is 4.61. The number of nitrogens with one attached hydrogen (secondary N) is 3. The predicted molar refractivity (Wildman–Crippen MR) is 103 cm³/mol. The van der Waals surface area contributed by atoms with E-state index in [1.807, 2.05) is 19.9 Å². The molecule has 0 radical (unpaired) electrons. The molecule has 8 heteroatoms. The minimum absolute atomic E-state index is 0.224. The molecule has 0 unspecified atom stereocenters. The van der Waals surface area contributed by atoms with Gasteiger partial charge in [0.25, 0.3) is 0 Å². The van der Waals surface area contributed by atoms with Gasteiger partial charge < -0.3 is 21.1 Å². The third-order valence-electron chi connectivity index (χ3n) is 3.46. The topological polar surface area (TPSA) is 95.0 Å². The standard InChI is InChI=1S/C17H18N6OS/c1-3-18-17(25)23-14-7-6-13-16(21-14)22-15(9-19-13)20-12-5-4-11(24)8-10(12)2/h4-9,24H,3H2,1-2H3,(H3,18,20,21,22,23,25). The molecule has 4 N–H and O–H groups in total. The first-order valence-corrected chi connectivity index (χ1v) is 8.21. The summed E-state index contributed by atoms with van der Waals surface area (Å²) in [5, 5.41) is 19.2. The summed E-state index contributed by atoms with van der Waals surface area (Å²) in [5.41, 5.74) is 2.94. The number of aryl methyl sites for hydroxylation is 1. The Morgan fingerprint density at radius 3 is 2.72 bits per heavy atom. The number of pyridine rings is 1. The van der Waals surface area contributed by atoms with Crippen LogP contribution in [0.25, 0.3) is 11.2 Å². The molecule has 25 heavy (non-hydrogen) atoms. The molecule has 0 fully saturated rings. The highest BCUT2D eigenvalue weighted by Crippen LogP contribution is 2.23. The largest absolute Gasteiger partial charge is 0.508 e. The van der Waals surface area contributed by atoms with Gasteiger partial charge in [-0.2, -0.15) is 0 Å². The van der Waals surface area contributed by atoms with Crippen LogP contribution in [0.5, 0.6) is 5.75 Å². The first-order valence-electron chi connectivity index (χ1n) is 7.80. The highest BCUT2D eigenvalue weighted by atomic mass is 32.1. The summed E-state index contributed by atoms with van der Waals surface area (Å²) in [5.74, 6) is 1.40. The van der Waals surface area contributed by atoms with Gasteiger partial charge in [0.05, 0.1) is 6.20 Å². The average Bonchev–Trinajstić information content (AvgIpc) is 2.57. The van der Waals surface area contributed by atoms with Crippen molar-refractivity contribution in [1.82, 2.24) is 20.3 Å². The van der Waals surface area contributed by atoms with Crippen LogP contribution in [0, 0.1) is 6.92 Å². The number of phenols is 1. The lowest BCUT2D eigenvalue weighted by Crippen LogP contribution is -2.28. The summed E-state index contributed by atoms with van der Waals surface area (Å²) >= 11 is 5.16. The number of hydrogen-bond donors (Lipinski definition) is 4. The first kappa shape index (κ1) is 16.8. The van der Waals surface area contributed by atoms with Crippen molar-refractivity contribution in [2.75, 3.05) is 17.2 Å². The van der Waals surface area contributed by atoms with Crippen molar-refractivity contribution in [3.8, 4) is 5.75 Å². The van der Waals surface area contributed by atoms with Crippen LogP contribution in [0.15, 0.2) is 36.5 Å². The number of phenolic OH excluding ortho intramolecular Hbond substituents is 1. The monoisotopic (exact) mass is 354 g/mol. The van der Waals surface area contributed by atoms with Gasteiger partial charge in [0.1, 0.15) is 17.1 Å². The molecule has 0 aliphatic heterocycles. The molecule has 0 saturated carbocycles. The van der Waals surface area contributed by atoms with E-state index < -0.39 is 0 Å². The maximum atomic E-state index is 9.50. The van der Waals surface area contributed by atoms with Crippen molar-refractivity contribution in [3.05, 3.63) is 42.1 Å². The zero-order valence-corrected chi connectivity index (χ0v) is 14.7. The number of rotatable bonds is 4. The molecular weight excluding hydrogens is 336 g/mol. The molecule has 3 rings (SSSR count). The van der Waals surface area contributed by atoms with Crippen molar-refractivity contribution in [2.45, 2.75) is 13.8 Å². The van der Waals surface area contributed by atoms with Crippen LogP contribution < -0.4 is 16.0 Å². The van der Waals surface area contributed by atoms with Crippen molar-refractivity contribution in [1.29, 1.82) is 0 Å². The van der Waals surface area contributed by atoms with E-state index in [0.29, 0.717) is 27.9 Å². The Labute approximate surface area is 150 Å². The van der Waals surface area contributed by atoms with E-state index in [2.05, 4.69) is 30.9 Å². The van der Waals surface area contributed by atoms with Crippen molar-refractivity contribution in [3.63, 3.8) is 0 Å². The van der Waals surface area contributed by atoms with E-state index in [-0.39, 0.29) is 5.75 Å². The smallest absolute Gasteiger partial charge is 0.182 e. The fourth-order valence-corrected chi connectivity index (χ4v) is 2.52. The van der Waals surface area contributed by atoms with Crippen LogP contribution >= 0.6 is 12.2 Å². The number of benzene rings is 1. The Kier molecular flexibility index (Phi) is 4.90. The summed E-state index contributed by atoms with van der Waals surface area (Å²) in [7, 11) is 0. The lowest BCUT2D eigenvalue weighted by Gasteiger charge is -2.10. The zero-order valence-electron chi connectivity index (χ0n) is 13.9. The Morgan fingerprint density at radius 1 is 1.16 bits per heavy atom. The van der Waals surface area contributed by atoms with E-state index in [4.69, 9.17) is 12.2 Å². The number of fused-ring (bicyclic) bond motifs is 1. The quantitative estimate of drug-likeness (QED) is 0.419. The van der Waals surface area contributed by atoms with E-state index >= 15 is 0 Å². The van der Waals surface area contributed by atoms with Gasteiger partial charge in [0.2, 0.25) is 0 Å². The maximum absolute atomic E-state index is 9.50. The molecule has 7 nitrogen and oxygen atoms in total. The molecule has 0 amide bonds. The van der Waals surface area contributed by atoms with E-state index in [0.717, 1.165) is 17.8 Å². The van der Waals surface area contributed by atoms with Crippen LogP contribution in [-0.4, -0.2) is 31.7 Å². The van der Waals surface area contributed by atoms with Gasteiger partial charge >= 0.3 is 0 Å². The molecule has 0 saturated heterocycles. The molecule has 2 aromatic heterocycles. The van der Waals surface area contributed by atoms with Crippen molar-refractivity contribution in [2.24, 2.45) is 0 Å². The van der Waals surface area contributed by atoms with Gasteiger partial charge in [0.15, 0.2) is 16.6 Å². The Hall–Kier alpha value is -3.00. The number of aromatic hydroxyl groups is 1. The summed E-state index contributed by atoms with van der Waals surface area (Å²) in [6, 6.07) is 8.72. The van der Waals surface area contributed by atoms with Gasteiger partial charge in [0, 0.05) is 12.2 Å². The molecule has 0 spiro atoms. The fourth-order valence-electron chi connectivity index (χ4n) is 2.27. The van der Waals surface area contributed by atoms with E-state index in [1.54, 1.807) is 30.5 Å². The number of hydrogen-bond acceptors (Lipinski definition) is 6. The first-order chi connectivity index (χ1) is 12.0. The number of aromatic nitrogens is 3. The molecule has 0 aliphatic carbocycles. The van der Waals surface area contributed by atoms with E-state index in [1.165, 1.54) is 0 Å². The Bertz CT molecular complexity index is 930. The summed E-state index contributed by atoms with van der Waals surface area (Å²) in [4.78, 5) is 13.3. The summed E-state index contributed by atoms with van der Waals surface area (Å²) < 4.78 is 0. The van der Waals surface area contributed by atoms with E-state index in [9.17, 15) is 5.11 Å². The van der Waals surface area contributed by atoms with Gasteiger partial charge in [-0.05, 0) is 62.0 Å². The third kappa shape index (κ3) is 4.10. The third-order valence-corrected chi connectivity index (χ3v) is 3.70. The lowest BCUT2D eigenvalue weighted by molar-refractivity contribution is 0.475. The molecule has 3 aromatic rings. The van der Waals surface area contributed by atoms with Gasteiger partial charge in [-0.15, -0.1) is 0 Å². The molecule has 0 bridgehead atoms. The van der Waals surface area contributed by atoms with Crippen LogP contribution in [-0.2, 0) is 0 Å². The SMILES string of the molecule is CCNC(=S)Nc1ccc2ncc(Nc3ccc(O)cc3C)nc2n1. The van der Waals surface area contributed by atoms with Crippen molar-refractivity contribution < 1.29 is 5.11 Å². The Morgan fingerprint density at radius 2 is 1.96 bits per heavy atom. The average molecular weight is 354 g/mol. The number of anilines is 3. The minimum Gasteiger partial charge on any atom is -0.508 e. The predicted octanol–water partition coefficient (Wildman–Crippen LogP) is 3.09. The molecule has 0 atom stereocenters. The van der Waals surface area contributed by atoms with Crippen LogP contribution in [0.1, 0.15) is 12.5 Å². The zero-order chi connectivity index (χ0) is 17.8. The highest BCUT2D eigenvalue weighted by Gasteiger charge is 2.06. The maximum Gasteiger partial charge on any atom is 0.182 e. The number of thiocarbonyl (C=S) groups is 1. The van der Waals surface area contributed by atoms with Crippen molar-refractivity contribution >= 4 is 45.8 Å². The van der Waals surface area contributed by atoms with Crippen LogP contribution in [0.4, 0.5) is 17.3 Å². The van der Waals surface area contributed by atoms with Gasteiger partial charge in [-0.3, -0.25) is 0 Å². The highest BCUT2D eigenvalue weighted by molar-refractivity contribution is 7.80. The second kappa shape index (κ2) is 7.27. The number of nitrogens with zero attached hydrogens (tertiary/aromatic N) is 3. The summed E-state index contributed by atoms with van der Waals surface area (Å²) in [6.07, 6.45) is 1.65. The van der Waals surface area contributed by atoms with Crippen LogP contribution in [0.2, 0.25) is 0 Å². The van der Waals surface area contributed by atoms with Gasteiger partial charge in [-0.25, -0.2) is 15.0 Å². The Balaban J connectivity index is 1.86. The second-order valence-corrected chi connectivity index (χ2v) is 5.81. The molecular formula is C17H18N6OS. The van der Waals surface area contributed by atoms with Crippen LogP contribution in [0.3, 0.4) is 0 Å². The molecule has 128 valence electrons. The fraction of sp³-hybridized carbons (Fsp3) is 0.176. The molecule has 1 aromatic carbocycles. The normalized spacial score (nSPS) is 10.5. The minimum atomic E-state index is 0.224. The molecule has 0 aliphatic rings. The lowest BCUT2D eigenvalue weighted by atomic mass is 10.2. The molecule has 2 heterocycles.